The molecule has 2 rings (SSSR count). The Morgan fingerprint density at radius 2 is 1.79 bits per heavy atom. The predicted octanol–water partition coefficient (Wildman–Crippen LogP) is 3.62. The zero-order chi connectivity index (χ0) is 17.5. The first-order valence-electron chi connectivity index (χ1n) is 6.99. The highest BCUT2D eigenvalue weighted by Gasteiger charge is 2.07. The highest BCUT2D eigenvalue weighted by molar-refractivity contribution is 7.99. The number of rotatable bonds is 6. The van der Waals surface area contributed by atoms with Gasteiger partial charge in [0.05, 0.1) is 18.4 Å². The molecule has 126 valence electrons. The van der Waals surface area contributed by atoms with E-state index in [1.54, 1.807) is 24.3 Å². The van der Waals surface area contributed by atoms with Crippen LogP contribution in [0.3, 0.4) is 0 Å². The van der Waals surface area contributed by atoms with Crippen LogP contribution in [0.25, 0.3) is 0 Å². The fraction of sp³-hybridized carbons (Fsp3) is 0.176. The maximum absolute atomic E-state index is 13.1. The lowest BCUT2D eigenvalue weighted by Crippen LogP contribution is -2.14. The van der Waals surface area contributed by atoms with E-state index in [-0.39, 0.29) is 11.7 Å². The average Bonchev–Trinajstić information content (AvgIpc) is 2.58. The maximum atomic E-state index is 13.1. The first-order chi connectivity index (χ1) is 11.5. The number of anilines is 1. The summed E-state index contributed by atoms with van der Waals surface area (Å²) in [7, 11) is 1.29. The van der Waals surface area contributed by atoms with Gasteiger partial charge in [-0.05, 0) is 42.0 Å². The van der Waals surface area contributed by atoms with Crippen LogP contribution in [-0.4, -0.2) is 24.7 Å². The number of hydrogen-bond donors (Lipinski definition) is 1. The van der Waals surface area contributed by atoms with Gasteiger partial charge in [0.1, 0.15) is 0 Å². The summed E-state index contributed by atoms with van der Waals surface area (Å²) in [5.41, 5.74) is 1.55. The van der Waals surface area contributed by atoms with Gasteiger partial charge in [-0.2, -0.15) is 0 Å². The number of amides is 1. The topological polar surface area (TPSA) is 55.4 Å². The van der Waals surface area contributed by atoms with Crippen LogP contribution in [0.2, 0.25) is 0 Å². The third kappa shape index (κ3) is 5.06. The van der Waals surface area contributed by atoms with Gasteiger partial charge in [-0.1, -0.05) is 6.07 Å². The van der Waals surface area contributed by atoms with Crippen LogP contribution in [0.1, 0.15) is 15.9 Å². The van der Waals surface area contributed by atoms with E-state index in [9.17, 15) is 18.4 Å². The molecular formula is C17H15F2NO3S. The fourth-order valence-electron chi connectivity index (χ4n) is 1.90. The molecule has 7 heteroatoms. The van der Waals surface area contributed by atoms with Gasteiger partial charge >= 0.3 is 5.97 Å². The van der Waals surface area contributed by atoms with E-state index in [2.05, 4.69) is 10.1 Å². The second kappa shape index (κ2) is 8.44. The number of nitrogens with one attached hydrogen (secondary N) is 1. The van der Waals surface area contributed by atoms with E-state index in [4.69, 9.17) is 0 Å². The highest BCUT2D eigenvalue weighted by Crippen LogP contribution is 2.16. The van der Waals surface area contributed by atoms with Crippen molar-refractivity contribution in [1.82, 2.24) is 0 Å². The molecule has 0 aliphatic heterocycles. The van der Waals surface area contributed by atoms with E-state index in [1.807, 2.05) is 0 Å². The molecule has 0 aromatic heterocycles. The van der Waals surface area contributed by atoms with Crippen LogP contribution in [0, 0.1) is 11.6 Å². The molecule has 0 atom stereocenters. The van der Waals surface area contributed by atoms with Gasteiger partial charge in [-0.15, -0.1) is 11.8 Å². The molecule has 0 aliphatic carbocycles. The van der Waals surface area contributed by atoms with E-state index < -0.39 is 17.6 Å². The summed E-state index contributed by atoms with van der Waals surface area (Å²) in [5.74, 6) is -1.91. The average molecular weight is 351 g/mol. The molecule has 2 aromatic rings. The van der Waals surface area contributed by atoms with Crippen molar-refractivity contribution in [2.45, 2.75) is 5.75 Å². The Labute approximate surface area is 142 Å². The van der Waals surface area contributed by atoms with Gasteiger partial charge < -0.3 is 10.1 Å². The number of carbonyl (C=O) groups is 2. The molecule has 0 saturated carbocycles. The molecule has 0 saturated heterocycles. The molecule has 2 aromatic carbocycles. The van der Waals surface area contributed by atoms with Crippen molar-refractivity contribution >= 4 is 29.3 Å². The number of ether oxygens (including phenoxy) is 1. The molecule has 0 heterocycles. The first-order valence-corrected chi connectivity index (χ1v) is 8.15. The second-order valence-corrected chi connectivity index (χ2v) is 5.84. The summed E-state index contributed by atoms with van der Waals surface area (Å²) in [6, 6.07) is 9.97. The minimum atomic E-state index is -0.900. The molecule has 0 spiro atoms. The van der Waals surface area contributed by atoms with Crippen LogP contribution in [0.15, 0.2) is 42.5 Å². The third-order valence-electron chi connectivity index (χ3n) is 3.08. The van der Waals surface area contributed by atoms with Crippen LogP contribution >= 0.6 is 11.8 Å². The Hall–Kier alpha value is -2.41. The van der Waals surface area contributed by atoms with Crippen molar-refractivity contribution in [1.29, 1.82) is 0 Å². The summed E-state index contributed by atoms with van der Waals surface area (Å²) in [4.78, 5) is 23.1. The fourth-order valence-corrected chi connectivity index (χ4v) is 2.67. The molecule has 24 heavy (non-hydrogen) atoms. The normalized spacial score (nSPS) is 10.3. The van der Waals surface area contributed by atoms with Crippen molar-refractivity contribution in [2.75, 3.05) is 18.2 Å². The highest BCUT2D eigenvalue weighted by atomic mass is 32.2. The number of methoxy groups -OCH3 is 1. The van der Waals surface area contributed by atoms with Crippen LogP contribution < -0.4 is 5.32 Å². The van der Waals surface area contributed by atoms with Crippen molar-refractivity contribution in [2.24, 2.45) is 0 Å². The van der Waals surface area contributed by atoms with E-state index >= 15 is 0 Å². The zero-order valence-corrected chi connectivity index (χ0v) is 13.7. The lowest BCUT2D eigenvalue weighted by atomic mass is 10.2. The minimum Gasteiger partial charge on any atom is -0.465 e. The van der Waals surface area contributed by atoms with Crippen molar-refractivity contribution in [3.05, 3.63) is 65.2 Å². The Bertz CT molecular complexity index is 735. The van der Waals surface area contributed by atoms with Crippen molar-refractivity contribution < 1.29 is 23.1 Å². The van der Waals surface area contributed by atoms with E-state index in [1.165, 1.54) is 24.9 Å². The van der Waals surface area contributed by atoms with Crippen molar-refractivity contribution in [3.8, 4) is 0 Å². The number of carbonyl (C=O) groups excluding carboxylic acids is 2. The Balaban J connectivity index is 1.80. The van der Waals surface area contributed by atoms with Gasteiger partial charge in [0.25, 0.3) is 0 Å². The van der Waals surface area contributed by atoms with Gasteiger partial charge in [0, 0.05) is 11.4 Å². The predicted molar refractivity (Wildman–Crippen MR) is 88.9 cm³/mol. The van der Waals surface area contributed by atoms with Gasteiger partial charge in [0.15, 0.2) is 11.6 Å². The summed E-state index contributed by atoms with van der Waals surface area (Å²) >= 11 is 1.28. The lowest BCUT2D eigenvalue weighted by molar-refractivity contribution is -0.113. The first kappa shape index (κ1) is 17.9. The molecule has 1 amide bonds. The van der Waals surface area contributed by atoms with Crippen molar-refractivity contribution in [3.63, 3.8) is 0 Å². The summed E-state index contributed by atoms with van der Waals surface area (Å²) in [6.07, 6.45) is 0. The van der Waals surface area contributed by atoms with Crippen LogP contribution in [0.4, 0.5) is 14.5 Å². The molecule has 0 radical (unpaired) electrons. The number of halogens is 2. The Morgan fingerprint density at radius 1 is 1.08 bits per heavy atom. The lowest BCUT2D eigenvalue weighted by Gasteiger charge is -2.06. The molecule has 0 aliphatic rings. The largest absolute Gasteiger partial charge is 0.465 e. The smallest absolute Gasteiger partial charge is 0.337 e. The summed E-state index contributed by atoms with van der Waals surface area (Å²) in [6.45, 7) is 0. The van der Waals surface area contributed by atoms with Gasteiger partial charge in [-0.3, -0.25) is 4.79 Å². The molecule has 1 N–H and O–H groups in total. The quantitative estimate of drug-likeness (QED) is 0.808. The van der Waals surface area contributed by atoms with Crippen LogP contribution in [-0.2, 0) is 15.3 Å². The SMILES string of the molecule is COC(=O)c1ccc(NC(=O)CSCc2ccc(F)c(F)c2)cc1. The standard InChI is InChI=1S/C17H15F2NO3S/c1-23-17(22)12-3-5-13(6-4-12)20-16(21)10-24-9-11-2-7-14(18)15(19)8-11/h2-8H,9-10H2,1H3,(H,20,21). The van der Waals surface area contributed by atoms with Gasteiger partial charge in [-0.25, -0.2) is 13.6 Å². The molecule has 0 bridgehead atoms. The summed E-state index contributed by atoms with van der Waals surface area (Å²) < 4.78 is 30.5. The number of benzene rings is 2. The van der Waals surface area contributed by atoms with Gasteiger partial charge in [0.2, 0.25) is 5.91 Å². The summed E-state index contributed by atoms with van der Waals surface area (Å²) in [5, 5.41) is 2.69. The molecule has 0 fully saturated rings. The zero-order valence-electron chi connectivity index (χ0n) is 12.8. The molecule has 4 nitrogen and oxygen atoms in total. The molecular weight excluding hydrogens is 336 g/mol. The minimum absolute atomic E-state index is 0.164. The number of hydrogen-bond acceptors (Lipinski definition) is 4. The Kier molecular flexibility index (Phi) is 6.31. The molecule has 0 unspecified atom stereocenters. The van der Waals surface area contributed by atoms with E-state index in [0.29, 0.717) is 22.6 Å². The van der Waals surface area contributed by atoms with E-state index in [0.717, 1.165) is 12.1 Å². The number of thioether (sulfide) groups is 1. The third-order valence-corrected chi connectivity index (χ3v) is 4.08. The maximum Gasteiger partial charge on any atom is 0.337 e. The van der Waals surface area contributed by atoms with Crippen LogP contribution in [0.5, 0.6) is 0 Å². The number of esters is 1. The second-order valence-electron chi connectivity index (χ2n) is 4.86. The monoisotopic (exact) mass is 351 g/mol. The Morgan fingerprint density at radius 3 is 2.42 bits per heavy atom.